The fraction of sp³-hybridized carbons (Fsp3) is 0.296. The van der Waals surface area contributed by atoms with E-state index in [-0.39, 0.29) is 31.0 Å². The largest absolute Gasteiger partial charge is 0.492 e. The number of aliphatic carboxylic acids is 1. The van der Waals surface area contributed by atoms with Crippen LogP contribution < -0.4 is 15.0 Å². The first-order valence-corrected chi connectivity index (χ1v) is 12.6. The van der Waals surface area contributed by atoms with Crippen LogP contribution in [0.1, 0.15) is 10.4 Å². The summed E-state index contributed by atoms with van der Waals surface area (Å²) in [6, 6.07) is 14.2. The van der Waals surface area contributed by atoms with Gasteiger partial charge in [-0.1, -0.05) is 23.7 Å². The van der Waals surface area contributed by atoms with Gasteiger partial charge in [-0.3, -0.25) is 9.78 Å². The van der Waals surface area contributed by atoms with Crippen molar-refractivity contribution in [2.45, 2.75) is 12.3 Å². The number of ether oxygens (including phenoxy) is 2. The highest BCUT2D eigenvalue weighted by Crippen LogP contribution is 2.26. The number of pyridine rings is 1. The number of carboxylic acid groups (broad SMARTS) is 1. The maximum atomic E-state index is 14.5. The summed E-state index contributed by atoms with van der Waals surface area (Å²) in [4.78, 5) is 27.5. The zero-order valence-corrected chi connectivity index (χ0v) is 22.7. The third-order valence-electron chi connectivity index (χ3n) is 5.11. The van der Waals surface area contributed by atoms with Crippen LogP contribution in [0, 0.1) is 5.82 Å². The Morgan fingerprint density at radius 2 is 1.74 bits per heavy atom. The fourth-order valence-electron chi connectivity index (χ4n) is 3.19. The molecule has 0 aliphatic carbocycles. The molecule has 1 atom stereocenters. The van der Waals surface area contributed by atoms with Gasteiger partial charge in [-0.2, -0.15) is 13.2 Å². The van der Waals surface area contributed by atoms with Crippen LogP contribution in [0.25, 0.3) is 0 Å². The number of aliphatic hydroxyl groups is 2. The minimum Gasteiger partial charge on any atom is -0.492 e. The van der Waals surface area contributed by atoms with Gasteiger partial charge in [-0.25, -0.2) is 9.18 Å². The standard InChI is InChI=1S/C25H27ClFN3O5.C2HF3O2/c26-19-13-18(14-22(15-19)35-11-9-29-20-5-7-28-8-6-20)25(33)30(10-12-34-17-21(32)16-31)24-4-2-1-3-23(24)27;3-2(4,5)1(6)7/h1-8,13-15,21,31-32H,9-12,16-17H2,(H,28,29);(H,6,7). The highest BCUT2D eigenvalue weighted by molar-refractivity contribution is 6.31. The highest BCUT2D eigenvalue weighted by Gasteiger charge is 2.38. The van der Waals surface area contributed by atoms with E-state index in [2.05, 4.69) is 10.3 Å². The Morgan fingerprint density at radius 1 is 1.07 bits per heavy atom. The first kappa shape index (κ1) is 34.2. The lowest BCUT2D eigenvalue weighted by atomic mass is 10.1. The number of aliphatic hydroxyl groups excluding tert-OH is 2. The summed E-state index contributed by atoms with van der Waals surface area (Å²) in [6.07, 6.45) is -2.76. The predicted octanol–water partition coefficient (Wildman–Crippen LogP) is 4.01. The van der Waals surface area contributed by atoms with E-state index in [1.54, 1.807) is 30.6 Å². The number of nitrogens with one attached hydrogen (secondary N) is 1. The van der Waals surface area contributed by atoms with Crippen LogP contribution in [0.3, 0.4) is 0 Å². The lowest BCUT2D eigenvalue weighted by Crippen LogP contribution is -2.35. The number of halogens is 5. The van der Waals surface area contributed by atoms with E-state index in [9.17, 15) is 27.5 Å². The monoisotopic (exact) mass is 617 g/mol. The van der Waals surface area contributed by atoms with Crippen LogP contribution in [0.4, 0.5) is 28.9 Å². The van der Waals surface area contributed by atoms with Gasteiger partial charge in [0.15, 0.2) is 0 Å². The van der Waals surface area contributed by atoms with Crippen molar-refractivity contribution in [2.75, 3.05) is 49.7 Å². The minimum atomic E-state index is -5.08. The second-order valence-corrected chi connectivity index (χ2v) is 8.75. The number of alkyl halides is 3. The third-order valence-corrected chi connectivity index (χ3v) is 5.33. The van der Waals surface area contributed by atoms with Gasteiger partial charge in [-0.05, 0) is 42.5 Å². The number of nitrogens with zero attached hydrogens (tertiary/aromatic N) is 2. The van der Waals surface area contributed by atoms with Gasteiger partial charge in [0.2, 0.25) is 0 Å². The molecule has 0 aliphatic heterocycles. The van der Waals surface area contributed by atoms with E-state index in [1.807, 2.05) is 12.1 Å². The number of hydrogen-bond acceptors (Lipinski definition) is 8. The maximum Gasteiger partial charge on any atom is 0.490 e. The Balaban J connectivity index is 0.000000782. The van der Waals surface area contributed by atoms with Crippen molar-refractivity contribution in [1.29, 1.82) is 0 Å². The zero-order chi connectivity index (χ0) is 31.1. The molecule has 4 N–H and O–H groups in total. The van der Waals surface area contributed by atoms with E-state index < -0.39 is 36.6 Å². The zero-order valence-electron chi connectivity index (χ0n) is 21.9. The van der Waals surface area contributed by atoms with Crippen LogP contribution in [0.15, 0.2) is 67.0 Å². The SMILES string of the molecule is O=C(O)C(F)(F)F.O=C(c1cc(Cl)cc(OCCNc2ccncc2)c1)N(CCOCC(O)CO)c1ccccc1F. The molecule has 10 nitrogen and oxygen atoms in total. The van der Waals surface area contributed by atoms with Gasteiger partial charge >= 0.3 is 12.1 Å². The summed E-state index contributed by atoms with van der Waals surface area (Å²) in [7, 11) is 0. The van der Waals surface area contributed by atoms with Gasteiger partial charge in [0.1, 0.15) is 24.3 Å². The molecule has 1 unspecified atom stereocenters. The number of carbonyl (C=O) groups is 2. The molecule has 3 rings (SSSR count). The Labute approximate surface area is 243 Å². The molecular weight excluding hydrogens is 590 g/mol. The van der Waals surface area contributed by atoms with Crippen molar-refractivity contribution in [1.82, 2.24) is 4.98 Å². The molecule has 0 radical (unpaired) electrons. The molecule has 1 heterocycles. The first-order valence-electron chi connectivity index (χ1n) is 12.2. The van der Waals surface area contributed by atoms with Crippen molar-refractivity contribution in [3.05, 3.63) is 83.4 Å². The summed E-state index contributed by atoms with van der Waals surface area (Å²) >= 11 is 6.24. The number of rotatable bonds is 13. The Hall–Kier alpha value is -3.98. The smallest absolute Gasteiger partial charge is 0.490 e. The van der Waals surface area contributed by atoms with Crippen LogP contribution in [0.2, 0.25) is 5.02 Å². The molecule has 42 heavy (non-hydrogen) atoms. The Kier molecular flexibility index (Phi) is 13.9. The molecule has 0 saturated heterocycles. The molecule has 0 fully saturated rings. The molecule has 0 aliphatic rings. The summed E-state index contributed by atoms with van der Waals surface area (Å²) in [5, 5.41) is 29.0. The quantitative estimate of drug-likeness (QED) is 0.165. The number of benzene rings is 2. The van der Waals surface area contributed by atoms with Gasteiger partial charge in [-0.15, -0.1) is 0 Å². The van der Waals surface area contributed by atoms with E-state index in [0.29, 0.717) is 23.9 Å². The first-order chi connectivity index (χ1) is 19.9. The molecule has 228 valence electrons. The fourth-order valence-corrected chi connectivity index (χ4v) is 3.41. The Bertz CT molecular complexity index is 1290. The molecule has 1 amide bonds. The summed E-state index contributed by atoms with van der Waals surface area (Å²) < 4.78 is 57.4. The molecule has 1 aromatic heterocycles. The number of para-hydroxylation sites is 1. The van der Waals surface area contributed by atoms with Crippen LogP contribution >= 0.6 is 11.6 Å². The molecule has 2 aromatic carbocycles. The number of carbonyl (C=O) groups excluding carboxylic acids is 1. The molecular formula is C27H28ClF4N3O7. The van der Waals surface area contributed by atoms with Crippen molar-refractivity contribution in [3.8, 4) is 5.75 Å². The lowest BCUT2D eigenvalue weighted by Gasteiger charge is -2.24. The number of anilines is 2. The van der Waals surface area contributed by atoms with Gasteiger partial charge in [0.25, 0.3) is 5.91 Å². The van der Waals surface area contributed by atoms with Crippen LogP contribution in [0.5, 0.6) is 5.75 Å². The van der Waals surface area contributed by atoms with Crippen molar-refractivity contribution < 1.29 is 51.9 Å². The maximum absolute atomic E-state index is 14.5. The molecule has 0 bridgehead atoms. The predicted molar refractivity (Wildman–Crippen MR) is 145 cm³/mol. The topological polar surface area (TPSA) is 141 Å². The van der Waals surface area contributed by atoms with Gasteiger partial charge in [0.05, 0.1) is 25.5 Å². The van der Waals surface area contributed by atoms with Crippen molar-refractivity contribution in [3.63, 3.8) is 0 Å². The van der Waals surface area contributed by atoms with Crippen molar-refractivity contribution in [2.24, 2.45) is 0 Å². The Morgan fingerprint density at radius 3 is 2.36 bits per heavy atom. The lowest BCUT2D eigenvalue weighted by molar-refractivity contribution is -0.192. The van der Waals surface area contributed by atoms with Crippen LogP contribution in [-0.2, 0) is 9.53 Å². The molecule has 0 spiro atoms. The average Bonchev–Trinajstić information content (AvgIpc) is 2.95. The number of carboxylic acids is 1. The van der Waals surface area contributed by atoms with E-state index in [4.69, 9.17) is 36.1 Å². The van der Waals surface area contributed by atoms with E-state index in [0.717, 1.165) is 5.69 Å². The summed E-state index contributed by atoms with van der Waals surface area (Å²) in [5.41, 5.74) is 1.20. The normalized spacial score (nSPS) is 11.6. The number of aromatic nitrogens is 1. The second-order valence-electron chi connectivity index (χ2n) is 8.31. The minimum absolute atomic E-state index is 0.0104. The van der Waals surface area contributed by atoms with Gasteiger partial charge < -0.3 is 35.0 Å². The van der Waals surface area contributed by atoms with E-state index >= 15 is 0 Å². The number of amides is 1. The van der Waals surface area contributed by atoms with Crippen LogP contribution in [-0.4, -0.2) is 84.0 Å². The third kappa shape index (κ3) is 11.9. The second kappa shape index (κ2) is 17.1. The summed E-state index contributed by atoms with van der Waals surface area (Å²) in [6.45, 7) is 0.294. The highest BCUT2D eigenvalue weighted by atomic mass is 35.5. The number of hydrogen-bond donors (Lipinski definition) is 4. The van der Waals surface area contributed by atoms with E-state index in [1.165, 1.54) is 29.2 Å². The average molecular weight is 618 g/mol. The molecule has 3 aromatic rings. The van der Waals surface area contributed by atoms with Gasteiger partial charge in [0, 0.05) is 41.8 Å². The van der Waals surface area contributed by atoms with Crippen molar-refractivity contribution >= 4 is 34.9 Å². The molecule has 0 saturated carbocycles. The summed E-state index contributed by atoms with van der Waals surface area (Å²) in [5.74, 6) is -3.43. The molecule has 15 heteroatoms.